The highest BCUT2D eigenvalue weighted by Crippen LogP contribution is 2.17. The van der Waals surface area contributed by atoms with E-state index in [0.717, 1.165) is 18.4 Å². The Bertz CT molecular complexity index is 630. The Morgan fingerprint density at radius 1 is 1.24 bits per heavy atom. The molecule has 0 bridgehead atoms. The number of hydrogen-bond acceptors (Lipinski definition) is 4. The first-order valence-electron chi connectivity index (χ1n) is 8.50. The summed E-state index contributed by atoms with van der Waals surface area (Å²) in [5.41, 5.74) is 7.03. The van der Waals surface area contributed by atoms with Crippen LogP contribution >= 0.6 is 0 Å². The number of carbonyl (C=O) groups is 3. The lowest BCUT2D eigenvalue weighted by molar-refractivity contribution is -0.141. The van der Waals surface area contributed by atoms with E-state index in [9.17, 15) is 14.4 Å². The van der Waals surface area contributed by atoms with Crippen LogP contribution in [0.15, 0.2) is 24.3 Å². The Balaban J connectivity index is 1.92. The zero-order valence-electron chi connectivity index (χ0n) is 14.8. The highest BCUT2D eigenvalue weighted by molar-refractivity contribution is 5.94. The Kier molecular flexibility index (Phi) is 6.52. The summed E-state index contributed by atoms with van der Waals surface area (Å²) in [5.74, 6) is -0.633. The Morgan fingerprint density at radius 2 is 1.92 bits per heavy atom. The normalized spacial score (nSPS) is 17.4. The topological polar surface area (TPSA) is 95.7 Å². The standard InChI is InChI=1S/C18H26N4O3/c1-20-18(25)14-8-6-13(7-9-14)11-21(2)12-16(23)22-10-4-3-5-15(22)17(19)24/h6-9,15H,3-5,10-12H2,1-2H3,(H2,19,24)(H,20,25)/t15-/m1/s1. The summed E-state index contributed by atoms with van der Waals surface area (Å²) in [4.78, 5) is 39.1. The van der Waals surface area contributed by atoms with Crippen molar-refractivity contribution in [2.75, 3.05) is 27.2 Å². The lowest BCUT2D eigenvalue weighted by atomic mass is 10.0. The molecule has 1 atom stereocenters. The summed E-state index contributed by atoms with van der Waals surface area (Å²) >= 11 is 0. The van der Waals surface area contributed by atoms with Gasteiger partial charge in [0.1, 0.15) is 6.04 Å². The molecule has 7 heteroatoms. The van der Waals surface area contributed by atoms with Crippen LogP contribution in [0.2, 0.25) is 0 Å². The largest absolute Gasteiger partial charge is 0.368 e. The molecule has 1 aliphatic heterocycles. The van der Waals surface area contributed by atoms with Gasteiger partial charge in [-0.1, -0.05) is 12.1 Å². The molecule has 3 amide bonds. The van der Waals surface area contributed by atoms with Crippen LogP contribution in [-0.4, -0.2) is 60.7 Å². The van der Waals surface area contributed by atoms with Crippen molar-refractivity contribution >= 4 is 17.7 Å². The number of rotatable bonds is 6. The maximum atomic E-state index is 12.5. The second kappa shape index (κ2) is 8.62. The molecule has 0 aromatic heterocycles. The van der Waals surface area contributed by atoms with E-state index >= 15 is 0 Å². The number of carbonyl (C=O) groups excluding carboxylic acids is 3. The molecule has 1 fully saturated rings. The van der Waals surface area contributed by atoms with Gasteiger partial charge in [0.15, 0.2) is 0 Å². The van der Waals surface area contributed by atoms with E-state index in [-0.39, 0.29) is 18.4 Å². The smallest absolute Gasteiger partial charge is 0.251 e. The summed E-state index contributed by atoms with van der Waals surface area (Å²) < 4.78 is 0. The molecular formula is C18H26N4O3. The number of amides is 3. The van der Waals surface area contributed by atoms with Crippen LogP contribution in [0, 0.1) is 0 Å². The molecule has 1 aromatic carbocycles. The summed E-state index contributed by atoms with van der Waals surface area (Å²) in [6.07, 6.45) is 2.47. The van der Waals surface area contributed by atoms with Gasteiger partial charge in [0.25, 0.3) is 5.91 Å². The van der Waals surface area contributed by atoms with Gasteiger partial charge in [0.2, 0.25) is 11.8 Å². The minimum absolute atomic E-state index is 0.0759. The van der Waals surface area contributed by atoms with Crippen molar-refractivity contribution in [1.82, 2.24) is 15.1 Å². The molecule has 0 radical (unpaired) electrons. The number of hydrogen-bond donors (Lipinski definition) is 2. The van der Waals surface area contributed by atoms with Gasteiger partial charge in [-0.15, -0.1) is 0 Å². The maximum Gasteiger partial charge on any atom is 0.251 e. The predicted octanol–water partition coefficient (Wildman–Crippen LogP) is 0.344. The summed E-state index contributed by atoms with van der Waals surface area (Å²) in [7, 11) is 3.45. The van der Waals surface area contributed by atoms with Crippen LogP contribution in [0.5, 0.6) is 0 Å². The van der Waals surface area contributed by atoms with Crippen molar-refractivity contribution in [1.29, 1.82) is 0 Å². The highest BCUT2D eigenvalue weighted by atomic mass is 16.2. The van der Waals surface area contributed by atoms with Crippen molar-refractivity contribution in [3.8, 4) is 0 Å². The first-order valence-corrected chi connectivity index (χ1v) is 8.50. The number of likely N-dealkylation sites (tertiary alicyclic amines) is 1. The van der Waals surface area contributed by atoms with E-state index in [1.54, 1.807) is 24.1 Å². The van der Waals surface area contributed by atoms with Gasteiger partial charge in [-0.25, -0.2) is 0 Å². The van der Waals surface area contributed by atoms with E-state index in [1.807, 2.05) is 24.1 Å². The second-order valence-electron chi connectivity index (χ2n) is 6.45. The molecule has 0 unspecified atom stereocenters. The number of benzene rings is 1. The number of primary amides is 1. The van der Waals surface area contributed by atoms with Crippen molar-refractivity contribution in [3.63, 3.8) is 0 Å². The van der Waals surface area contributed by atoms with Gasteiger partial charge < -0.3 is 16.0 Å². The Morgan fingerprint density at radius 3 is 2.52 bits per heavy atom. The quantitative estimate of drug-likeness (QED) is 0.777. The van der Waals surface area contributed by atoms with Crippen molar-refractivity contribution < 1.29 is 14.4 Å². The zero-order valence-corrected chi connectivity index (χ0v) is 14.8. The monoisotopic (exact) mass is 346 g/mol. The predicted molar refractivity (Wildman–Crippen MR) is 94.7 cm³/mol. The van der Waals surface area contributed by atoms with E-state index < -0.39 is 11.9 Å². The van der Waals surface area contributed by atoms with E-state index in [1.165, 1.54) is 0 Å². The van der Waals surface area contributed by atoms with E-state index in [2.05, 4.69) is 5.32 Å². The average Bonchev–Trinajstić information content (AvgIpc) is 2.61. The number of nitrogens with one attached hydrogen (secondary N) is 1. The summed E-state index contributed by atoms with van der Waals surface area (Å²) in [6, 6.07) is 6.79. The first kappa shape index (κ1) is 18.9. The Hall–Kier alpha value is -2.41. The molecule has 1 heterocycles. The number of nitrogens with zero attached hydrogens (tertiary/aromatic N) is 2. The molecule has 0 saturated carbocycles. The fraction of sp³-hybridized carbons (Fsp3) is 0.500. The third-order valence-electron chi connectivity index (χ3n) is 4.45. The number of piperidine rings is 1. The van der Waals surface area contributed by atoms with Crippen LogP contribution in [0.4, 0.5) is 0 Å². The van der Waals surface area contributed by atoms with Crippen LogP contribution in [0.25, 0.3) is 0 Å². The summed E-state index contributed by atoms with van der Waals surface area (Å²) in [5, 5.41) is 2.58. The number of likely N-dealkylation sites (N-methyl/N-ethyl adjacent to an activating group) is 1. The highest BCUT2D eigenvalue weighted by Gasteiger charge is 2.30. The minimum Gasteiger partial charge on any atom is -0.368 e. The summed E-state index contributed by atoms with van der Waals surface area (Å²) in [6.45, 7) is 1.39. The Labute approximate surface area is 148 Å². The molecular weight excluding hydrogens is 320 g/mol. The maximum absolute atomic E-state index is 12.5. The SMILES string of the molecule is CNC(=O)c1ccc(CN(C)CC(=O)N2CCCC[C@@H]2C(N)=O)cc1. The zero-order chi connectivity index (χ0) is 18.4. The van der Waals surface area contributed by atoms with Crippen molar-refractivity contribution in [2.24, 2.45) is 5.73 Å². The fourth-order valence-electron chi connectivity index (χ4n) is 3.12. The molecule has 2 rings (SSSR count). The fourth-order valence-corrected chi connectivity index (χ4v) is 3.12. The van der Waals surface area contributed by atoms with E-state index in [0.29, 0.717) is 25.1 Å². The second-order valence-corrected chi connectivity index (χ2v) is 6.45. The van der Waals surface area contributed by atoms with E-state index in [4.69, 9.17) is 5.73 Å². The lowest BCUT2D eigenvalue weighted by Gasteiger charge is -2.34. The van der Waals surface area contributed by atoms with Gasteiger partial charge in [0.05, 0.1) is 6.54 Å². The minimum atomic E-state index is -0.485. The van der Waals surface area contributed by atoms with Crippen molar-refractivity contribution in [3.05, 3.63) is 35.4 Å². The molecule has 1 aliphatic rings. The third kappa shape index (κ3) is 5.03. The molecule has 7 nitrogen and oxygen atoms in total. The van der Waals surface area contributed by atoms with Gasteiger partial charge in [-0.3, -0.25) is 19.3 Å². The van der Waals surface area contributed by atoms with Gasteiger partial charge in [-0.05, 0) is 44.0 Å². The third-order valence-corrected chi connectivity index (χ3v) is 4.45. The lowest BCUT2D eigenvalue weighted by Crippen LogP contribution is -2.52. The van der Waals surface area contributed by atoms with Crippen LogP contribution in [-0.2, 0) is 16.1 Å². The molecule has 1 saturated heterocycles. The van der Waals surface area contributed by atoms with Crippen LogP contribution in [0.3, 0.4) is 0 Å². The van der Waals surface area contributed by atoms with Gasteiger partial charge >= 0.3 is 0 Å². The molecule has 1 aromatic rings. The van der Waals surface area contributed by atoms with Gasteiger partial charge in [0, 0.05) is 25.7 Å². The molecule has 0 spiro atoms. The van der Waals surface area contributed by atoms with Crippen LogP contribution in [0.1, 0.15) is 35.2 Å². The molecule has 0 aliphatic carbocycles. The van der Waals surface area contributed by atoms with Gasteiger partial charge in [-0.2, -0.15) is 0 Å². The first-order chi connectivity index (χ1) is 11.9. The average molecular weight is 346 g/mol. The molecule has 3 N–H and O–H groups in total. The van der Waals surface area contributed by atoms with Crippen molar-refractivity contribution in [2.45, 2.75) is 31.8 Å². The van der Waals surface area contributed by atoms with Crippen LogP contribution < -0.4 is 11.1 Å². The molecule has 136 valence electrons. The molecule has 25 heavy (non-hydrogen) atoms. The number of nitrogens with two attached hydrogens (primary N) is 1.